The summed E-state index contributed by atoms with van der Waals surface area (Å²) in [5.74, 6) is 2.01. The smallest absolute Gasteiger partial charge is 0.315 e. The largest absolute Gasteiger partial charge is 0.497 e. The minimum absolute atomic E-state index is 0.192. The standard InChI is InChI=1S/C18H26N6O2/c1-4-19-17(25)20-18(10-8-13(2)9-11-18)16-21-22-23-24(16)14-6-5-7-15(12-14)26-3/h5-7,12-13H,4,8-11H2,1-3H3,(H2,19,20,25). The Hall–Kier alpha value is -2.64. The van der Waals surface area contributed by atoms with Gasteiger partial charge in [-0.3, -0.25) is 0 Å². The number of carbonyl (C=O) groups excluding carboxylic acids is 1. The molecule has 0 atom stereocenters. The third kappa shape index (κ3) is 3.63. The van der Waals surface area contributed by atoms with Crippen LogP contribution in [0.2, 0.25) is 0 Å². The Morgan fingerprint density at radius 3 is 2.85 bits per heavy atom. The number of nitrogens with one attached hydrogen (secondary N) is 2. The summed E-state index contributed by atoms with van der Waals surface area (Å²) in [5.41, 5.74) is 0.221. The van der Waals surface area contributed by atoms with Gasteiger partial charge in [0.25, 0.3) is 0 Å². The molecule has 1 fully saturated rings. The molecule has 0 spiro atoms. The van der Waals surface area contributed by atoms with Crippen LogP contribution in [0.4, 0.5) is 4.79 Å². The molecule has 1 aromatic carbocycles. The van der Waals surface area contributed by atoms with Crippen molar-refractivity contribution >= 4 is 6.03 Å². The normalized spacial score (nSPS) is 22.7. The van der Waals surface area contributed by atoms with Crippen molar-refractivity contribution in [3.05, 3.63) is 30.1 Å². The van der Waals surface area contributed by atoms with Crippen LogP contribution in [0.25, 0.3) is 5.69 Å². The number of carbonyl (C=O) groups is 1. The van der Waals surface area contributed by atoms with Gasteiger partial charge in [0.15, 0.2) is 5.82 Å². The molecular formula is C18H26N6O2. The van der Waals surface area contributed by atoms with Gasteiger partial charge in [-0.15, -0.1) is 5.10 Å². The Kier molecular flexibility index (Phi) is 5.39. The number of amides is 2. The Labute approximate surface area is 153 Å². The lowest BCUT2D eigenvalue weighted by Gasteiger charge is -2.38. The Bertz CT molecular complexity index is 752. The number of aromatic nitrogens is 4. The molecule has 8 heteroatoms. The fourth-order valence-electron chi connectivity index (χ4n) is 3.48. The van der Waals surface area contributed by atoms with Gasteiger partial charge in [-0.2, -0.15) is 4.68 Å². The molecule has 2 amide bonds. The zero-order valence-electron chi connectivity index (χ0n) is 15.5. The Balaban J connectivity index is 2.00. The van der Waals surface area contributed by atoms with Crippen LogP contribution in [0.3, 0.4) is 0 Å². The molecule has 0 unspecified atom stereocenters. The number of urea groups is 1. The lowest BCUT2D eigenvalue weighted by atomic mass is 9.76. The van der Waals surface area contributed by atoms with Crippen LogP contribution in [0.1, 0.15) is 45.4 Å². The number of hydrogen-bond acceptors (Lipinski definition) is 5. The molecule has 1 aliphatic rings. The molecular weight excluding hydrogens is 332 g/mol. The second-order valence-electron chi connectivity index (χ2n) is 6.86. The summed E-state index contributed by atoms with van der Waals surface area (Å²) in [4.78, 5) is 12.3. The lowest BCUT2D eigenvalue weighted by molar-refractivity contribution is 0.176. The van der Waals surface area contributed by atoms with Gasteiger partial charge in [0.1, 0.15) is 11.3 Å². The van der Waals surface area contributed by atoms with E-state index in [2.05, 4.69) is 33.1 Å². The molecule has 1 heterocycles. The van der Waals surface area contributed by atoms with Gasteiger partial charge in [-0.1, -0.05) is 13.0 Å². The molecule has 1 aliphatic carbocycles. The molecule has 2 N–H and O–H groups in total. The van der Waals surface area contributed by atoms with Crippen molar-refractivity contribution < 1.29 is 9.53 Å². The molecule has 1 saturated carbocycles. The fraction of sp³-hybridized carbons (Fsp3) is 0.556. The Morgan fingerprint density at radius 1 is 1.38 bits per heavy atom. The van der Waals surface area contributed by atoms with Gasteiger partial charge >= 0.3 is 6.03 Å². The molecule has 0 saturated heterocycles. The monoisotopic (exact) mass is 358 g/mol. The molecule has 0 bridgehead atoms. The van der Waals surface area contributed by atoms with Crippen LogP contribution in [0.5, 0.6) is 5.75 Å². The van der Waals surface area contributed by atoms with Crippen molar-refractivity contribution in [1.29, 1.82) is 0 Å². The summed E-state index contributed by atoms with van der Waals surface area (Å²) >= 11 is 0. The fourth-order valence-corrected chi connectivity index (χ4v) is 3.48. The highest BCUT2D eigenvalue weighted by Gasteiger charge is 2.42. The number of ether oxygens (including phenoxy) is 1. The topological polar surface area (TPSA) is 94.0 Å². The van der Waals surface area contributed by atoms with Crippen LogP contribution >= 0.6 is 0 Å². The molecule has 2 aromatic rings. The maximum Gasteiger partial charge on any atom is 0.315 e. The second-order valence-corrected chi connectivity index (χ2v) is 6.86. The molecule has 0 radical (unpaired) electrons. The van der Waals surface area contributed by atoms with E-state index in [1.807, 2.05) is 31.2 Å². The van der Waals surface area contributed by atoms with Crippen molar-refractivity contribution in [1.82, 2.24) is 30.8 Å². The van der Waals surface area contributed by atoms with Gasteiger partial charge in [-0.05, 0) is 61.1 Å². The zero-order chi connectivity index (χ0) is 18.6. The highest BCUT2D eigenvalue weighted by molar-refractivity contribution is 5.74. The van der Waals surface area contributed by atoms with Crippen LogP contribution in [-0.4, -0.2) is 39.9 Å². The highest BCUT2D eigenvalue weighted by atomic mass is 16.5. The maximum absolute atomic E-state index is 12.3. The van der Waals surface area contributed by atoms with Gasteiger partial charge in [0.05, 0.1) is 12.8 Å². The third-order valence-electron chi connectivity index (χ3n) is 5.01. The first-order chi connectivity index (χ1) is 12.6. The summed E-state index contributed by atoms with van der Waals surface area (Å²) in [7, 11) is 1.63. The van der Waals surface area contributed by atoms with Crippen molar-refractivity contribution in [2.45, 2.75) is 45.1 Å². The number of nitrogens with zero attached hydrogens (tertiary/aromatic N) is 4. The first kappa shape index (κ1) is 18.2. The van der Waals surface area contributed by atoms with E-state index in [0.717, 1.165) is 37.1 Å². The van der Waals surface area contributed by atoms with E-state index in [9.17, 15) is 4.79 Å². The Morgan fingerprint density at radius 2 is 2.15 bits per heavy atom. The summed E-state index contributed by atoms with van der Waals surface area (Å²) in [6.07, 6.45) is 3.63. The van der Waals surface area contributed by atoms with Crippen LogP contribution in [0, 0.1) is 5.92 Å². The molecule has 8 nitrogen and oxygen atoms in total. The summed E-state index contributed by atoms with van der Waals surface area (Å²) in [6.45, 7) is 4.70. The van der Waals surface area contributed by atoms with E-state index in [1.54, 1.807) is 11.8 Å². The maximum atomic E-state index is 12.3. The second kappa shape index (κ2) is 7.72. The average Bonchev–Trinajstić information content (AvgIpc) is 3.15. The minimum Gasteiger partial charge on any atom is -0.497 e. The lowest BCUT2D eigenvalue weighted by Crippen LogP contribution is -2.53. The molecule has 26 heavy (non-hydrogen) atoms. The van der Waals surface area contributed by atoms with Crippen molar-refractivity contribution in [3.8, 4) is 11.4 Å². The van der Waals surface area contributed by atoms with Crippen molar-refractivity contribution in [2.24, 2.45) is 5.92 Å². The van der Waals surface area contributed by atoms with Gasteiger partial charge in [0.2, 0.25) is 0 Å². The number of methoxy groups -OCH3 is 1. The van der Waals surface area contributed by atoms with Crippen LogP contribution in [-0.2, 0) is 5.54 Å². The molecule has 0 aliphatic heterocycles. The predicted octanol–water partition coefficient (Wildman–Crippen LogP) is 2.40. The van der Waals surface area contributed by atoms with E-state index in [4.69, 9.17) is 4.74 Å². The predicted molar refractivity (Wildman–Crippen MR) is 97.2 cm³/mol. The van der Waals surface area contributed by atoms with Gasteiger partial charge < -0.3 is 15.4 Å². The summed E-state index contributed by atoms with van der Waals surface area (Å²) < 4.78 is 7.01. The van der Waals surface area contributed by atoms with E-state index >= 15 is 0 Å². The van der Waals surface area contributed by atoms with E-state index in [1.165, 1.54) is 0 Å². The van der Waals surface area contributed by atoms with E-state index in [-0.39, 0.29) is 6.03 Å². The van der Waals surface area contributed by atoms with Crippen LogP contribution in [0.15, 0.2) is 24.3 Å². The summed E-state index contributed by atoms with van der Waals surface area (Å²) in [6, 6.07) is 7.38. The quantitative estimate of drug-likeness (QED) is 0.856. The third-order valence-corrected chi connectivity index (χ3v) is 5.01. The van der Waals surface area contributed by atoms with Crippen molar-refractivity contribution in [3.63, 3.8) is 0 Å². The number of tetrazole rings is 1. The first-order valence-corrected chi connectivity index (χ1v) is 9.07. The summed E-state index contributed by atoms with van der Waals surface area (Å²) in [5, 5.41) is 18.4. The number of rotatable bonds is 5. The molecule has 1 aromatic heterocycles. The minimum atomic E-state index is -0.585. The van der Waals surface area contributed by atoms with Gasteiger partial charge in [-0.25, -0.2) is 4.79 Å². The average molecular weight is 358 g/mol. The molecule has 3 rings (SSSR count). The first-order valence-electron chi connectivity index (χ1n) is 9.07. The number of benzene rings is 1. The molecule has 140 valence electrons. The SMILES string of the molecule is CCNC(=O)NC1(c2nnnn2-c2cccc(OC)c2)CCC(C)CC1. The highest BCUT2D eigenvalue weighted by Crippen LogP contribution is 2.39. The van der Waals surface area contributed by atoms with E-state index < -0.39 is 5.54 Å². The number of hydrogen-bond donors (Lipinski definition) is 2. The van der Waals surface area contributed by atoms with Crippen LogP contribution < -0.4 is 15.4 Å². The zero-order valence-corrected chi connectivity index (χ0v) is 15.5. The van der Waals surface area contributed by atoms with Crippen molar-refractivity contribution in [2.75, 3.05) is 13.7 Å². The van der Waals surface area contributed by atoms with Gasteiger partial charge in [0, 0.05) is 12.6 Å². The van der Waals surface area contributed by atoms with E-state index in [0.29, 0.717) is 18.3 Å².